The molecule has 0 atom stereocenters. The minimum atomic E-state index is -1.64. The van der Waals surface area contributed by atoms with E-state index in [1.807, 2.05) is 32.9 Å². The molecule has 0 radical (unpaired) electrons. The maximum atomic E-state index is 11.9. The van der Waals surface area contributed by atoms with Crippen molar-refractivity contribution in [2.75, 3.05) is 57.8 Å². The first-order valence-corrected chi connectivity index (χ1v) is 18.1. The van der Waals surface area contributed by atoms with E-state index in [4.69, 9.17) is 36.0 Å². The van der Waals surface area contributed by atoms with Gasteiger partial charge in [-0.25, -0.2) is 4.98 Å². The molecule has 1 heterocycles. The van der Waals surface area contributed by atoms with E-state index in [-0.39, 0.29) is 37.3 Å². The number of methoxy groups -OCH3 is 1. The Balaban J connectivity index is 2.13. The zero-order chi connectivity index (χ0) is 31.0. The number of pyridine rings is 1. The molecule has 41 heavy (non-hydrogen) atoms. The predicted molar refractivity (Wildman–Crippen MR) is 173 cm³/mol. The van der Waals surface area contributed by atoms with Crippen LogP contribution in [0.1, 0.15) is 38.8 Å². The van der Waals surface area contributed by atoms with Crippen molar-refractivity contribution in [3.63, 3.8) is 0 Å². The molecule has 1 aromatic heterocycles. The molecule has 0 fully saturated rings. The van der Waals surface area contributed by atoms with Gasteiger partial charge < -0.3 is 24.3 Å². The van der Waals surface area contributed by atoms with Crippen LogP contribution in [-0.2, 0) is 19.0 Å². The lowest BCUT2D eigenvalue weighted by molar-refractivity contribution is -0.152. The van der Waals surface area contributed by atoms with Gasteiger partial charge in [-0.3, -0.25) is 19.4 Å². The molecule has 9 nitrogen and oxygen atoms in total. The highest BCUT2D eigenvalue weighted by Gasteiger charge is 2.30. The highest BCUT2D eigenvalue weighted by Crippen LogP contribution is 2.54. The molecular formula is C30H47ClN4O5S. The number of hydrogen-bond acceptors (Lipinski definition) is 7. The monoisotopic (exact) mass is 610 g/mol. The summed E-state index contributed by atoms with van der Waals surface area (Å²) >= 11 is 6.61. The van der Waals surface area contributed by atoms with E-state index in [1.165, 1.54) is 7.11 Å². The van der Waals surface area contributed by atoms with Crippen LogP contribution in [-0.4, -0.2) is 86.7 Å². The third kappa shape index (κ3) is 11.5. The van der Waals surface area contributed by atoms with Crippen LogP contribution in [0.4, 0.5) is 0 Å². The number of hydrogen-bond donors (Lipinski definition) is 3. The number of aryl methyl sites for hydroxylation is 1. The van der Waals surface area contributed by atoms with Crippen LogP contribution >= 0.6 is 20.8 Å². The fourth-order valence-corrected chi connectivity index (χ4v) is 4.61. The number of aliphatic imine (C=N–C) groups is 1. The molecule has 0 spiro atoms. The summed E-state index contributed by atoms with van der Waals surface area (Å²) in [6, 6.07) is 7.41. The number of carbonyl (C=O) groups excluding carboxylic acids is 1. The molecule has 2 N–H and O–H groups in total. The lowest BCUT2D eigenvalue weighted by atomic mass is 9.95. The van der Waals surface area contributed by atoms with Gasteiger partial charge in [0.25, 0.3) is 6.02 Å². The lowest BCUT2D eigenvalue weighted by Gasteiger charge is -2.46. The molecule has 230 valence electrons. The van der Waals surface area contributed by atoms with Crippen LogP contribution in [0.5, 0.6) is 5.88 Å². The molecule has 0 aliphatic carbocycles. The van der Waals surface area contributed by atoms with Gasteiger partial charge in [0.2, 0.25) is 5.88 Å². The van der Waals surface area contributed by atoms with Gasteiger partial charge >= 0.3 is 5.97 Å². The predicted octanol–water partition coefficient (Wildman–Crippen LogP) is 5.55. The summed E-state index contributed by atoms with van der Waals surface area (Å²) in [4.78, 5) is 20.7. The normalized spacial score (nSPS) is 13.4. The lowest BCUT2D eigenvalue weighted by Crippen LogP contribution is -2.32. The number of benzene rings is 1. The fourth-order valence-electron chi connectivity index (χ4n) is 3.48. The number of carbonyl (C=O) groups is 1. The molecule has 0 amide bonds. The van der Waals surface area contributed by atoms with Crippen LogP contribution in [0, 0.1) is 17.7 Å². The summed E-state index contributed by atoms with van der Waals surface area (Å²) in [6.45, 7) is 10.2. The van der Waals surface area contributed by atoms with Crippen LogP contribution in [0.25, 0.3) is 11.1 Å². The van der Waals surface area contributed by atoms with E-state index >= 15 is 0 Å². The molecule has 11 heteroatoms. The number of ether oxygens (including phenoxy) is 4. The first kappa shape index (κ1) is 34.4. The van der Waals surface area contributed by atoms with Crippen molar-refractivity contribution < 1.29 is 23.7 Å². The van der Waals surface area contributed by atoms with Crippen LogP contribution < -0.4 is 10.1 Å². The van der Waals surface area contributed by atoms with E-state index in [0.717, 1.165) is 22.4 Å². The third-order valence-corrected chi connectivity index (χ3v) is 8.24. The molecule has 0 aliphatic rings. The number of aromatic nitrogens is 1. The standard InChI is InChI=1S/C30H47ClN4O5S/c1-20(2)40-29(34-19-38-13-14-41(7,8,9)10)35-27(32)23-12-11-22(16-25(23)31)24-17-33-26(15-21(24)3)39-18-30(4,5)28(36)37-6/h11-12,15-17,20,41H,13-14,18-19H2,1-10H3,(H2,32,34,35). The first-order valence-electron chi connectivity index (χ1n) is 13.5. The fraction of sp³-hybridized carbons (Fsp3) is 0.533. The molecular weight excluding hydrogens is 564 g/mol. The average Bonchev–Trinajstić information content (AvgIpc) is 2.85. The number of rotatable bonds is 12. The molecule has 1 aromatic carbocycles. The molecule has 0 aliphatic heterocycles. The highest BCUT2D eigenvalue weighted by atomic mass is 35.5. The van der Waals surface area contributed by atoms with Crippen molar-refractivity contribution in [2.24, 2.45) is 10.4 Å². The minimum Gasteiger partial charge on any atom is -0.476 e. The van der Waals surface area contributed by atoms with E-state index in [1.54, 1.807) is 32.2 Å². The Labute approximate surface area is 250 Å². The minimum absolute atomic E-state index is 0.0364. The van der Waals surface area contributed by atoms with E-state index in [0.29, 0.717) is 23.1 Å². The van der Waals surface area contributed by atoms with Gasteiger partial charge in [-0.2, -0.15) is 4.99 Å². The number of thiol groups is 1. The molecule has 2 rings (SSSR count). The van der Waals surface area contributed by atoms with Gasteiger partial charge in [0.05, 0.1) is 30.3 Å². The van der Waals surface area contributed by atoms with Gasteiger partial charge in [0, 0.05) is 23.4 Å². The van der Waals surface area contributed by atoms with Gasteiger partial charge in [-0.1, -0.05) is 17.7 Å². The second-order valence-electron chi connectivity index (χ2n) is 13.0. The van der Waals surface area contributed by atoms with E-state index in [9.17, 15) is 4.79 Å². The van der Waals surface area contributed by atoms with Crippen molar-refractivity contribution in [1.82, 2.24) is 10.3 Å². The van der Waals surface area contributed by atoms with Crippen molar-refractivity contribution in [2.45, 2.75) is 40.7 Å². The molecule has 2 aromatic rings. The van der Waals surface area contributed by atoms with Crippen LogP contribution in [0.15, 0.2) is 35.5 Å². The van der Waals surface area contributed by atoms with Gasteiger partial charge in [0.1, 0.15) is 13.3 Å². The smallest absolute Gasteiger partial charge is 0.314 e. The quantitative estimate of drug-likeness (QED) is 0.0721. The second kappa shape index (κ2) is 13.9. The number of esters is 1. The molecule has 0 saturated heterocycles. The van der Waals surface area contributed by atoms with Crippen molar-refractivity contribution in [1.29, 1.82) is 5.41 Å². The second-order valence-corrected chi connectivity index (χ2v) is 21.8. The van der Waals surface area contributed by atoms with E-state index in [2.05, 4.69) is 40.3 Å². The Morgan fingerprint density at radius 1 is 1.20 bits per heavy atom. The molecule has 0 unspecified atom stereocenters. The van der Waals surface area contributed by atoms with Crippen LogP contribution in [0.3, 0.4) is 0 Å². The van der Waals surface area contributed by atoms with Gasteiger partial charge in [-0.15, -0.1) is 0 Å². The van der Waals surface area contributed by atoms with Gasteiger partial charge in [-0.05, 0) is 88.7 Å². The number of nitrogens with one attached hydrogen (secondary N) is 2. The van der Waals surface area contributed by atoms with Crippen LogP contribution in [0.2, 0.25) is 5.02 Å². The largest absolute Gasteiger partial charge is 0.476 e. The number of halogens is 1. The third-order valence-electron chi connectivity index (χ3n) is 5.96. The summed E-state index contributed by atoms with van der Waals surface area (Å²) in [5, 5.41) is 12.0. The molecule has 0 saturated carbocycles. The number of nitrogens with zero attached hydrogens (tertiary/aromatic N) is 2. The summed E-state index contributed by atoms with van der Waals surface area (Å²) in [5.74, 6) is 1.03. The summed E-state index contributed by atoms with van der Waals surface area (Å²) in [5.41, 5.74) is 2.28. The number of amidine groups is 2. The van der Waals surface area contributed by atoms with Crippen molar-refractivity contribution in [3.8, 4) is 17.0 Å². The van der Waals surface area contributed by atoms with E-state index < -0.39 is 14.6 Å². The van der Waals surface area contributed by atoms with Crippen molar-refractivity contribution >= 4 is 38.6 Å². The highest BCUT2D eigenvalue weighted by molar-refractivity contribution is 8.47. The Bertz CT molecular complexity index is 1260. The Morgan fingerprint density at radius 2 is 1.88 bits per heavy atom. The summed E-state index contributed by atoms with van der Waals surface area (Å²) in [6.07, 6.45) is 10.8. The summed E-state index contributed by atoms with van der Waals surface area (Å²) in [7, 11) is -0.285. The maximum Gasteiger partial charge on any atom is 0.314 e. The topological polar surface area (TPSA) is 115 Å². The maximum absolute atomic E-state index is 11.9. The average molecular weight is 611 g/mol. The Hall–Kier alpha value is -2.82. The SMILES string of the molecule is COC(=O)C(C)(C)COc1cc(C)c(-c2ccc(C(=N)/N=C(\NCOCC[SH](C)(C)(C)C)OC(C)C)c(Cl)c2)cn1. The Morgan fingerprint density at radius 3 is 2.44 bits per heavy atom. The summed E-state index contributed by atoms with van der Waals surface area (Å²) < 4.78 is 22.1. The molecule has 0 bridgehead atoms. The van der Waals surface area contributed by atoms with Crippen molar-refractivity contribution in [3.05, 3.63) is 46.6 Å². The zero-order valence-electron chi connectivity index (χ0n) is 26.1. The van der Waals surface area contributed by atoms with Gasteiger partial charge in [0.15, 0.2) is 5.84 Å². The first-order chi connectivity index (χ1) is 18.9. The Kier molecular flexibility index (Phi) is 11.7. The zero-order valence-corrected chi connectivity index (χ0v) is 27.7.